The molecule has 0 aromatic heterocycles. The highest BCUT2D eigenvalue weighted by Crippen LogP contribution is 2.24. The summed E-state index contributed by atoms with van der Waals surface area (Å²) >= 11 is 0. The third-order valence-electron chi connectivity index (χ3n) is 3.47. The number of rotatable bonds is 6. The molecule has 2 aromatic rings. The smallest absolute Gasteiger partial charge is 0.0748 e. The molecule has 4 heteroatoms. The van der Waals surface area contributed by atoms with E-state index in [0.717, 1.165) is 23.5 Å². The van der Waals surface area contributed by atoms with Crippen LogP contribution < -0.4 is 5.43 Å². The molecule has 124 valence electrons. The monoisotopic (exact) mass is 331 g/mol. The number of nitrogens with zero attached hydrogens (tertiary/aromatic N) is 2. The zero-order chi connectivity index (χ0) is 16.0. The lowest BCUT2D eigenvalue weighted by Crippen LogP contribution is -2.36. The molecule has 0 bridgehead atoms. The molecular weight excluding hydrogens is 306 g/mol. The fourth-order valence-corrected chi connectivity index (χ4v) is 2.70. The van der Waals surface area contributed by atoms with E-state index in [9.17, 15) is 0 Å². The third-order valence-corrected chi connectivity index (χ3v) is 3.47. The van der Waals surface area contributed by atoms with E-state index in [-0.39, 0.29) is 17.8 Å². The standard InChI is InChI=1S/C19H25N3.ClH/c1-19(2,15-22(3)4)18(16-11-7-5-8-12-16)21-20-17-13-9-6-10-14-17;/h5-14,20H,15H2,1-4H3;1H/b21-18-;. The van der Waals surface area contributed by atoms with Crippen LogP contribution >= 0.6 is 12.4 Å². The van der Waals surface area contributed by atoms with E-state index >= 15 is 0 Å². The molecule has 0 atom stereocenters. The Morgan fingerprint density at radius 1 is 0.957 bits per heavy atom. The molecular formula is C19H26ClN3. The molecule has 0 aliphatic heterocycles. The highest BCUT2D eigenvalue weighted by atomic mass is 35.5. The summed E-state index contributed by atoms with van der Waals surface area (Å²) in [5.41, 5.74) is 6.34. The Kier molecular flexibility index (Phi) is 7.27. The molecule has 0 aliphatic carbocycles. The van der Waals surface area contributed by atoms with Gasteiger partial charge < -0.3 is 4.90 Å². The van der Waals surface area contributed by atoms with Gasteiger partial charge in [0.25, 0.3) is 0 Å². The van der Waals surface area contributed by atoms with Crippen LogP contribution in [0.15, 0.2) is 65.8 Å². The Labute approximate surface area is 145 Å². The van der Waals surface area contributed by atoms with E-state index in [1.165, 1.54) is 0 Å². The minimum absolute atomic E-state index is 0. The molecule has 0 saturated carbocycles. The molecule has 0 radical (unpaired) electrons. The lowest BCUT2D eigenvalue weighted by molar-refractivity contribution is 0.311. The summed E-state index contributed by atoms with van der Waals surface area (Å²) in [5, 5.41) is 4.73. The van der Waals surface area contributed by atoms with Gasteiger partial charge in [0.15, 0.2) is 0 Å². The summed E-state index contributed by atoms with van der Waals surface area (Å²) in [5.74, 6) is 0. The van der Waals surface area contributed by atoms with E-state index in [1.54, 1.807) is 0 Å². The number of halogens is 1. The van der Waals surface area contributed by atoms with E-state index in [1.807, 2.05) is 36.4 Å². The minimum atomic E-state index is -0.0629. The summed E-state index contributed by atoms with van der Waals surface area (Å²) in [7, 11) is 4.18. The Hall–Kier alpha value is -1.84. The number of para-hydroxylation sites is 1. The molecule has 23 heavy (non-hydrogen) atoms. The van der Waals surface area contributed by atoms with Crippen molar-refractivity contribution in [3.63, 3.8) is 0 Å². The number of benzene rings is 2. The van der Waals surface area contributed by atoms with Crippen LogP contribution in [0.25, 0.3) is 0 Å². The van der Waals surface area contributed by atoms with Crippen LogP contribution in [-0.2, 0) is 0 Å². The Balaban J connectivity index is 0.00000264. The summed E-state index contributed by atoms with van der Waals surface area (Å²) in [4.78, 5) is 2.20. The summed E-state index contributed by atoms with van der Waals surface area (Å²) < 4.78 is 0. The predicted octanol–water partition coefficient (Wildman–Crippen LogP) is 4.51. The van der Waals surface area contributed by atoms with Gasteiger partial charge in [-0.1, -0.05) is 62.4 Å². The predicted molar refractivity (Wildman–Crippen MR) is 103 cm³/mol. The summed E-state index contributed by atoms with van der Waals surface area (Å²) in [6.45, 7) is 5.38. The Morgan fingerprint density at radius 2 is 1.48 bits per heavy atom. The van der Waals surface area contributed by atoms with Gasteiger partial charge in [0.2, 0.25) is 0 Å². The van der Waals surface area contributed by atoms with Crippen LogP contribution in [-0.4, -0.2) is 31.3 Å². The van der Waals surface area contributed by atoms with Crippen molar-refractivity contribution in [1.29, 1.82) is 0 Å². The van der Waals surface area contributed by atoms with Gasteiger partial charge in [-0.25, -0.2) is 0 Å². The molecule has 0 spiro atoms. The topological polar surface area (TPSA) is 27.6 Å². The van der Waals surface area contributed by atoms with Gasteiger partial charge in [0, 0.05) is 12.0 Å². The van der Waals surface area contributed by atoms with Crippen molar-refractivity contribution in [1.82, 2.24) is 4.90 Å². The molecule has 2 aromatic carbocycles. The fourth-order valence-electron chi connectivity index (χ4n) is 2.70. The molecule has 1 N–H and O–H groups in total. The highest BCUT2D eigenvalue weighted by molar-refractivity contribution is 6.04. The molecule has 3 nitrogen and oxygen atoms in total. The molecule has 0 saturated heterocycles. The van der Waals surface area contributed by atoms with Crippen LogP contribution in [0.5, 0.6) is 0 Å². The molecule has 0 heterocycles. The van der Waals surface area contributed by atoms with Crippen LogP contribution in [0, 0.1) is 5.41 Å². The van der Waals surface area contributed by atoms with E-state index in [2.05, 4.69) is 62.5 Å². The van der Waals surface area contributed by atoms with Crippen LogP contribution in [0.1, 0.15) is 19.4 Å². The second-order valence-corrected chi connectivity index (χ2v) is 6.43. The van der Waals surface area contributed by atoms with Crippen LogP contribution in [0.2, 0.25) is 0 Å². The SMILES string of the molecule is CN(C)CC(C)(C)/C(=N\Nc1ccccc1)c1ccccc1.Cl. The van der Waals surface area contributed by atoms with Crippen LogP contribution in [0.3, 0.4) is 0 Å². The normalized spacial score (nSPS) is 12.0. The summed E-state index contributed by atoms with van der Waals surface area (Å²) in [6.07, 6.45) is 0. The van der Waals surface area contributed by atoms with Gasteiger partial charge in [-0.3, -0.25) is 5.43 Å². The quantitative estimate of drug-likeness (QED) is 0.623. The fraction of sp³-hybridized carbons (Fsp3) is 0.316. The first kappa shape index (κ1) is 19.2. The molecule has 0 aliphatic rings. The van der Waals surface area contributed by atoms with E-state index in [4.69, 9.17) is 5.10 Å². The van der Waals surface area contributed by atoms with Crippen molar-refractivity contribution < 1.29 is 0 Å². The first-order chi connectivity index (χ1) is 10.5. The summed E-state index contributed by atoms with van der Waals surface area (Å²) in [6, 6.07) is 20.4. The third kappa shape index (κ3) is 5.70. The van der Waals surface area contributed by atoms with Crippen molar-refractivity contribution in [2.45, 2.75) is 13.8 Å². The van der Waals surface area contributed by atoms with Gasteiger partial charge in [-0.2, -0.15) is 5.10 Å². The highest BCUT2D eigenvalue weighted by Gasteiger charge is 2.27. The van der Waals surface area contributed by atoms with Crippen molar-refractivity contribution in [3.05, 3.63) is 66.2 Å². The maximum atomic E-state index is 4.73. The first-order valence-corrected chi connectivity index (χ1v) is 7.58. The average Bonchev–Trinajstić information content (AvgIpc) is 2.48. The lowest BCUT2D eigenvalue weighted by Gasteiger charge is -2.30. The van der Waals surface area contributed by atoms with Crippen molar-refractivity contribution in [3.8, 4) is 0 Å². The molecule has 0 amide bonds. The van der Waals surface area contributed by atoms with Gasteiger partial charge in [0.05, 0.1) is 11.4 Å². The van der Waals surface area contributed by atoms with Crippen LogP contribution in [0.4, 0.5) is 5.69 Å². The molecule has 0 fully saturated rings. The zero-order valence-corrected chi connectivity index (χ0v) is 15.1. The Morgan fingerprint density at radius 3 is 2.00 bits per heavy atom. The van der Waals surface area contributed by atoms with Crippen molar-refractivity contribution >= 4 is 23.8 Å². The largest absolute Gasteiger partial charge is 0.308 e. The number of hydrogen-bond donors (Lipinski definition) is 1. The zero-order valence-electron chi connectivity index (χ0n) is 14.3. The van der Waals surface area contributed by atoms with Gasteiger partial charge in [-0.15, -0.1) is 12.4 Å². The van der Waals surface area contributed by atoms with E-state index < -0.39 is 0 Å². The van der Waals surface area contributed by atoms with Gasteiger partial charge in [0.1, 0.15) is 0 Å². The molecule has 2 rings (SSSR count). The van der Waals surface area contributed by atoms with Gasteiger partial charge in [-0.05, 0) is 31.8 Å². The number of nitrogens with one attached hydrogen (secondary N) is 1. The van der Waals surface area contributed by atoms with Crippen molar-refractivity contribution in [2.24, 2.45) is 10.5 Å². The maximum Gasteiger partial charge on any atom is 0.0748 e. The minimum Gasteiger partial charge on any atom is -0.308 e. The lowest BCUT2D eigenvalue weighted by atomic mass is 9.83. The number of anilines is 1. The maximum absolute atomic E-state index is 4.73. The second-order valence-electron chi connectivity index (χ2n) is 6.43. The number of hydrazone groups is 1. The first-order valence-electron chi connectivity index (χ1n) is 7.58. The van der Waals surface area contributed by atoms with E-state index in [0.29, 0.717) is 0 Å². The van der Waals surface area contributed by atoms with Gasteiger partial charge >= 0.3 is 0 Å². The van der Waals surface area contributed by atoms with Crippen molar-refractivity contribution in [2.75, 3.05) is 26.1 Å². The average molecular weight is 332 g/mol. The number of hydrogen-bond acceptors (Lipinski definition) is 3. The molecule has 0 unspecified atom stereocenters. The Bertz CT molecular complexity index is 607. The second kappa shape index (κ2) is 8.70.